The summed E-state index contributed by atoms with van der Waals surface area (Å²) in [5.41, 5.74) is 4.43. The number of nitrogens with one attached hydrogen (secondary N) is 2. The zero-order valence-electron chi connectivity index (χ0n) is 16.9. The molecule has 0 atom stereocenters. The first-order valence-electron chi connectivity index (χ1n) is 9.24. The molecule has 150 valence electrons. The molecular weight excluding hydrogens is 455 g/mol. The van der Waals surface area contributed by atoms with Crippen molar-refractivity contribution in [1.29, 1.82) is 0 Å². The van der Waals surface area contributed by atoms with E-state index < -0.39 is 0 Å². The molecule has 0 spiro atoms. The molecule has 0 fully saturated rings. The summed E-state index contributed by atoms with van der Waals surface area (Å²) in [5, 5.41) is 10.8. The molecular formula is C20H31IN4O2. The van der Waals surface area contributed by atoms with Crippen LogP contribution in [0.3, 0.4) is 0 Å². The van der Waals surface area contributed by atoms with Crippen molar-refractivity contribution in [1.82, 2.24) is 15.8 Å². The van der Waals surface area contributed by atoms with E-state index in [0.717, 1.165) is 59.2 Å². The summed E-state index contributed by atoms with van der Waals surface area (Å²) < 4.78 is 10.8. The highest BCUT2D eigenvalue weighted by atomic mass is 127. The maximum atomic E-state index is 5.43. The Hall–Kier alpha value is -1.77. The van der Waals surface area contributed by atoms with Gasteiger partial charge in [-0.3, -0.25) is 0 Å². The molecule has 0 amide bonds. The Morgan fingerprint density at radius 1 is 1.15 bits per heavy atom. The third-order valence-corrected chi connectivity index (χ3v) is 4.15. The number of halogens is 1. The number of hydrogen-bond donors (Lipinski definition) is 2. The van der Waals surface area contributed by atoms with Gasteiger partial charge in [-0.15, -0.1) is 24.0 Å². The highest BCUT2D eigenvalue weighted by Gasteiger charge is 2.13. The first-order valence-corrected chi connectivity index (χ1v) is 9.24. The molecule has 0 saturated carbocycles. The standard InChI is InChI=1S/C20H30N4O2.HI/c1-6-18-17(19(7-2)26-24-18)13-23-20(21-8-3)22-12-15-9-14(4)10-16(11-15)25-5;/h9-11H,6-8,12-13H2,1-5H3,(H2,21,22,23);1H. The van der Waals surface area contributed by atoms with Gasteiger partial charge < -0.3 is 19.9 Å². The van der Waals surface area contributed by atoms with E-state index in [1.165, 1.54) is 0 Å². The summed E-state index contributed by atoms with van der Waals surface area (Å²) in [4.78, 5) is 4.70. The van der Waals surface area contributed by atoms with Gasteiger partial charge in [0.05, 0.1) is 19.3 Å². The van der Waals surface area contributed by atoms with Gasteiger partial charge in [-0.2, -0.15) is 0 Å². The van der Waals surface area contributed by atoms with Crippen molar-refractivity contribution in [2.75, 3.05) is 13.7 Å². The second kappa shape index (κ2) is 11.8. The van der Waals surface area contributed by atoms with Crippen molar-refractivity contribution in [3.8, 4) is 5.75 Å². The number of benzene rings is 1. The zero-order chi connectivity index (χ0) is 18.9. The first kappa shape index (κ1) is 23.3. The quantitative estimate of drug-likeness (QED) is 0.336. The molecule has 2 N–H and O–H groups in total. The number of hydrogen-bond acceptors (Lipinski definition) is 4. The summed E-state index contributed by atoms with van der Waals surface area (Å²) >= 11 is 0. The number of aromatic nitrogens is 1. The van der Waals surface area contributed by atoms with E-state index in [-0.39, 0.29) is 24.0 Å². The van der Waals surface area contributed by atoms with Crippen LogP contribution in [0.15, 0.2) is 27.7 Å². The topological polar surface area (TPSA) is 71.7 Å². The van der Waals surface area contributed by atoms with Gasteiger partial charge >= 0.3 is 0 Å². The second-order valence-corrected chi connectivity index (χ2v) is 6.15. The summed E-state index contributed by atoms with van der Waals surface area (Å²) in [5.74, 6) is 2.57. The largest absolute Gasteiger partial charge is 0.497 e. The third kappa shape index (κ3) is 6.71. The minimum Gasteiger partial charge on any atom is -0.497 e. The fourth-order valence-electron chi connectivity index (χ4n) is 2.86. The van der Waals surface area contributed by atoms with Gasteiger partial charge in [0.2, 0.25) is 0 Å². The summed E-state index contributed by atoms with van der Waals surface area (Å²) in [6, 6.07) is 6.16. The number of nitrogens with zero attached hydrogens (tertiary/aromatic N) is 2. The van der Waals surface area contributed by atoms with Crippen LogP contribution >= 0.6 is 24.0 Å². The highest BCUT2D eigenvalue weighted by Crippen LogP contribution is 2.17. The van der Waals surface area contributed by atoms with Crippen LogP contribution in [0.4, 0.5) is 0 Å². The van der Waals surface area contributed by atoms with E-state index in [9.17, 15) is 0 Å². The van der Waals surface area contributed by atoms with Gasteiger partial charge in [0, 0.05) is 25.1 Å². The van der Waals surface area contributed by atoms with Crippen LogP contribution < -0.4 is 15.4 Å². The molecule has 1 heterocycles. The van der Waals surface area contributed by atoms with Crippen molar-refractivity contribution in [3.63, 3.8) is 0 Å². The van der Waals surface area contributed by atoms with E-state index in [4.69, 9.17) is 14.3 Å². The van der Waals surface area contributed by atoms with Crippen LogP contribution in [-0.4, -0.2) is 24.8 Å². The third-order valence-electron chi connectivity index (χ3n) is 4.15. The normalized spacial score (nSPS) is 11.1. The first-order chi connectivity index (χ1) is 12.6. The lowest BCUT2D eigenvalue weighted by molar-refractivity contribution is 0.380. The average Bonchev–Trinajstić information content (AvgIpc) is 3.05. The molecule has 0 bridgehead atoms. The predicted octanol–water partition coefficient (Wildman–Crippen LogP) is 3.99. The SMILES string of the molecule is CCNC(=NCc1cc(C)cc(OC)c1)NCc1c(CC)noc1CC.I. The van der Waals surface area contributed by atoms with Gasteiger partial charge in [0.15, 0.2) is 5.96 Å². The molecule has 0 saturated heterocycles. The van der Waals surface area contributed by atoms with Gasteiger partial charge in [-0.25, -0.2) is 4.99 Å². The van der Waals surface area contributed by atoms with E-state index >= 15 is 0 Å². The molecule has 0 unspecified atom stereocenters. The Bertz CT molecular complexity index is 722. The van der Waals surface area contributed by atoms with Crippen molar-refractivity contribution in [2.45, 2.75) is 53.6 Å². The molecule has 1 aromatic carbocycles. The second-order valence-electron chi connectivity index (χ2n) is 6.15. The van der Waals surface area contributed by atoms with E-state index in [0.29, 0.717) is 13.1 Å². The molecule has 6 nitrogen and oxygen atoms in total. The lowest BCUT2D eigenvalue weighted by atomic mass is 10.1. The number of aryl methyl sites for hydroxylation is 3. The number of methoxy groups -OCH3 is 1. The van der Waals surface area contributed by atoms with E-state index in [1.807, 2.05) is 12.1 Å². The van der Waals surface area contributed by atoms with E-state index in [1.54, 1.807) is 7.11 Å². The molecule has 2 rings (SSSR count). The Kier molecular flexibility index (Phi) is 10.2. The monoisotopic (exact) mass is 486 g/mol. The number of ether oxygens (including phenoxy) is 1. The minimum absolute atomic E-state index is 0. The Balaban J connectivity index is 0.00000364. The Morgan fingerprint density at radius 2 is 1.93 bits per heavy atom. The van der Waals surface area contributed by atoms with Crippen LogP contribution in [0.2, 0.25) is 0 Å². The summed E-state index contributed by atoms with van der Waals surface area (Å²) in [6.07, 6.45) is 1.69. The molecule has 1 aromatic heterocycles. The molecule has 0 aliphatic heterocycles. The molecule has 0 aliphatic carbocycles. The molecule has 7 heteroatoms. The molecule has 0 radical (unpaired) electrons. The van der Waals surface area contributed by atoms with Crippen molar-refractivity contribution >= 4 is 29.9 Å². The van der Waals surface area contributed by atoms with Gasteiger partial charge in [0.1, 0.15) is 11.5 Å². The lowest BCUT2D eigenvalue weighted by Crippen LogP contribution is -2.37. The Morgan fingerprint density at radius 3 is 2.56 bits per heavy atom. The Labute approximate surface area is 179 Å². The highest BCUT2D eigenvalue weighted by molar-refractivity contribution is 14.0. The van der Waals surface area contributed by atoms with Crippen LogP contribution in [-0.2, 0) is 25.9 Å². The fourth-order valence-corrected chi connectivity index (χ4v) is 2.86. The van der Waals surface area contributed by atoms with Gasteiger partial charge in [-0.05, 0) is 43.5 Å². The van der Waals surface area contributed by atoms with Crippen molar-refractivity contribution in [2.24, 2.45) is 4.99 Å². The predicted molar refractivity (Wildman–Crippen MR) is 120 cm³/mol. The van der Waals surface area contributed by atoms with Crippen LogP contribution in [0.1, 0.15) is 48.9 Å². The molecule has 2 aromatic rings. The van der Waals surface area contributed by atoms with E-state index in [2.05, 4.69) is 49.6 Å². The van der Waals surface area contributed by atoms with Crippen LogP contribution in [0.25, 0.3) is 0 Å². The van der Waals surface area contributed by atoms with Crippen LogP contribution in [0, 0.1) is 6.92 Å². The summed E-state index contributed by atoms with van der Waals surface area (Å²) in [6.45, 7) is 10.3. The molecule has 27 heavy (non-hydrogen) atoms. The minimum atomic E-state index is 0. The lowest BCUT2D eigenvalue weighted by Gasteiger charge is -2.12. The number of guanidine groups is 1. The maximum Gasteiger partial charge on any atom is 0.191 e. The van der Waals surface area contributed by atoms with Gasteiger partial charge in [0.25, 0.3) is 0 Å². The maximum absolute atomic E-state index is 5.43. The zero-order valence-corrected chi connectivity index (χ0v) is 19.2. The van der Waals surface area contributed by atoms with Crippen molar-refractivity contribution < 1.29 is 9.26 Å². The van der Waals surface area contributed by atoms with Crippen molar-refractivity contribution in [3.05, 3.63) is 46.3 Å². The van der Waals surface area contributed by atoms with Crippen LogP contribution in [0.5, 0.6) is 5.75 Å². The number of rotatable bonds is 8. The summed E-state index contributed by atoms with van der Waals surface area (Å²) in [7, 11) is 1.68. The smallest absolute Gasteiger partial charge is 0.191 e. The average molecular weight is 486 g/mol. The van der Waals surface area contributed by atoms with Gasteiger partial charge in [-0.1, -0.05) is 25.1 Å². The number of aliphatic imine (C=N–C) groups is 1. The molecule has 0 aliphatic rings. The fraction of sp³-hybridized carbons (Fsp3) is 0.500.